The van der Waals surface area contributed by atoms with Gasteiger partial charge in [0.05, 0.1) is 7.11 Å². The minimum Gasteiger partial charge on any atom is -0.495 e. The van der Waals surface area contributed by atoms with Gasteiger partial charge in [-0.25, -0.2) is 13.1 Å². The van der Waals surface area contributed by atoms with Gasteiger partial charge in [-0.15, -0.1) is 12.4 Å². The number of nitrogens with one attached hydrogen (secondary N) is 2. The summed E-state index contributed by atoms with van der Waals surface area (Å²) in [5.74, 6) is -0.0504. The van der Waals surface area contributed by atoms with Crippen molar-refractivity contribution in [2.24, 2.45) is 0 Å². The second-order valence-electron chi connectivity index (χ2n) is 4.75. The second-order valence-corrected chi connectivity index (χ2v) is 6.48. The van der Waals surface area contributed by atoms with Crippen LogP contribution in [0.15, 0.2) is 23.1 Å². The summed E-state index contributed by atoms with van der Waals surface area (Å²) in [6, 6.07) is 4.46. The fourth-order valence-corrected chi connectivity index (χ4v) is 2.86. The first-order chi connectivity index (χ1) is 9.76. The molecule has 1 aromatic rings. The molecule has 0 saturated heterocycles. The Morgan fingerprint density at radius 3 is 2.45 bits per heavy atom. The molecule has 126 valence electrons. The van der Waals surface area contributed by atoms with E-state index in [2.05, 4.69) is 10.0 Å². The summed E-state index contributed by atoms with van der Waals surface area (Å²) in [4.78, 5) is 12.9. The standard InChI is InChI=1S/C13H21N3O4S.ClH/c1-10(17)15-11-5-6-12(20-4)13(9-11)21(18,19)14-7-8-16(2)3;/h5-6,9,14H,7-8H2,1-4H3,(H,15,17);1H. The number of benzene rings is 1. The molecule has 0 aliphatic heterocycles. The maximum Gasteiger partial charge on any atom is 0.244 e. The molecule has 0 radical (unpaired) electrons. The van der Waals surface area contributed by atoms with Crippen molar-refractivity contribution in [3.63, 3.8) is 0 Å². The molecule has 0 heterocycles. The van der Waals surface area contributed by atoms with Gasteiger partial charge in [0.25, 0.3) is 0 Å². The van der Waals surface area contributed by atoms with Gasteiger partial charge in [-0.3, -0.25) is 4.79 Å². The lowest BCUT2D eigenvalue weighted by Crippen LogP contribution is -2.31. The molecule has 1 amide bonds. The Balaban J connectivity index is 0.00000441. The zero-order chi connectivity index (χ0) is 16.0. The van der Waals surface area contributed by atoms with E-state index in [0.717, 1.165) is 0 Å². The highest BCUT2D eigenvalue weighted by molar-refractivity contribution is 7.89. The summed E-state index contributed by atoms with van der Waals surface area (Å²) in [6.45, 7) is 2.21. The summed E-state index contributed by atoms with van der Waals surface area (Å²) in [5, 5.41) is 2.55. The van der Waals surface area contributed by atoms with Crippen LogP contribution in [0.4, 0.5) is 5.69 Å². The average molecular weight is 352 g/mol. The average Bonchev–Trinajstić information content (AvgIpc) is 2.37. The molecule has 0 saturated carbocycles. The van der Waals surface area contributed by atoms with E-state index in [1.165, 1.54) is 26.2 Å². The van der Waals surface area contributed by atoms with E-state index in [9.17, 15) is 13.2 Å². The van der Waals surface area contributed by atoms with E-state index in [-0.39, 0.29) is 35.5 Å². The van der Waals surface area contributed by atoms with Gasteiger partial charge in [0.1, 0.15) is 10.6 Å². The van der Waals surface area contributed by atoms with Gasteiger partial charge in [0.15, 0.2) is 0 Å². The summed E-state index contributed by atoms with van der Waals surface area (Å²) in [7, 11) is 1.39. The Morgan fingerprint density at radius 1 is 1.32 bits per heavy atom. The van der Waals surface area contributed by atoms with Gasteiger partial charge in [-0.1, -0.05) is 0 Å². The van der Waals surface area contributed by atoms with Crippen molar-refractivity contribution in [2.75, 3.05) is 39.6 Å². The molecule has 0 fully saturated rings. The highest BCUT2D eigenvalue weighted by Crippen LogP contribution is 2.26. The van der Waals surface area contributed by atoms with Crippen molar-refractivity contribution in [2.45, 2.75) is 11.8 Å². The largest absolute Gasteiger partial charge is 0.495 e. The fraction of sp³-hybridized carbons (Fsp3) is 0.462. The van der Waals surface area contributed by atoms with E-state index < -0.39 is 10.0 Å². The highest BCUT2D eigenvalue weighted by atomic mass is 35.5. The molecular weight excluding hydrogens is 330 g/mol. The van der Waals surface area contributed by atoms with Crippen LogP contribution in [0.1, 0.15) is 6.92 Å². The second kappa shape index (κ2) is 8.94. The topological polar surface area (TPSA) is 87.7 Å². The van der Waals surface area contributed by atoms with E-state index in [0.29, 0.717) is 12.2 Å². The van der Waals surface area contributed by atoms with Gasteiger partial charge < -0.3 is 15.0 Å². The first-order valence-corrected chi connectivity index (χ1v) is 7.84. The number of likely N-dealkylation sites (N-methyl/N-ethyl adjacent to an activating group) is 1. The first-order valence-electron chi connectivity index (χ1n) is 6.36. The number of anilines is 1. The molecule has 0 unspecified atom stereocenters. The molecule has 0 aromatic heterocycles. The lowest BCUT2D eigenvalue weighted by atomic mass is 10.3. The number of rotatable bonds is 7. The van der Waals surface area contributed by atoms with Gasteiger partial charge >= 0.3 is 0 Å². The van der Waals surface area contributed by atoms with E-state index >= 15 is 0 Å². The zero-order valence-corrected chi connectivity index (χ0v) is 14.7. The summed E-state index contributed by atoms with van der Waals surface area (Å²) < 4.78 is 32.2. The third kappa shape index (κ3) is 6.18. The van der Waals surface area contributed by atoms with Gasteiger partial charge in [-0.2, -0.15) is 0 Å². The quantitative estimate of drug-likeness (QED) is 0.762. The van der Waals surface area contributed by atoms with Crippen LogP contribution in [-0.4, -0.2) is 53.5 Å². The van der Waals surface area contributed by atoms with E-state index in [1.807, 2.05) is 19.0 Å². The molecular formula is C13H22ClN3O4S. The first kappa shape index (κ1) is 20.6. The minimum atomic E-state index is -3.71. The van der Waals surface area contributed by atoms with Crippen molar-refractivity contribution in [3.8, 4) is 5.75 Å². The summed E-state index contributed by atoms with van der Waals surface area (Å²) in [6.07, 6.45) is 0. The van der Waals surface area contributed by atoms with Crippen molar-refractivity contribution < 1.29 is 17.9 Å². The van der Waals surface area contributed by atoms with Crippen LogP contribution in [0.2, 0.25) is 0 Å². The maximum atomic E-state index is 12.3. The van der Waals surface area contributed by atoms with Crippen molar-refractivity contribution >= 4 is 34.0 Å². The maximum absolute atomic E-state index is 12.3. The molecule has 9 heteroatoms. The number of carbonyl (C=O) groups excluding carboxylic acids is 1. The Labute approximate surface area is 137 Å². The van der Waals surface area contributed by atoms with E-state index in [1.54, 1.807) is 6.07 Å². The Bertz CT molecular complexity index is 605. The number of amides is 1. The number of nitrogens with zero attached hydrogens (tertiary/aromatic N) is 1. The minimum absolute atomic E-state index is 0. The Kier molecular flexibility index (Phi) is 8.39. The highest BCUT2D eigenvalue weighted by Gasteiger charge is 2.20. The lowest BCUT2D eigenvalue weighted by molar-refractivity contribution is -0.114. The number of sulfonamides is 1. The van der Waals surface area contributed by atoms with Crippen LogP contribution in [0.5, 0.6) is 5.75 Å². The van der Waals surface area contributed by atoms with Crippen LogP contribution in [0.25, 0.3) is 0 Å². The molecule has 0 spiro atoms. The normalized spacial score (nSPS) is 11.0. The molecule has 1 aromatic carbocycles. The molecule has 22 heavy (non-hydrogen) atoms. The van der Waals surface area contributed by atoms with Gasteiger partial charge in [-0.05, 0) is 32.3 Å². The van der Waals surface area contributed by atoms with Crippen LogP contribution in [0.3, 0.4) is 0 Å². The zero-order valence-electron chi connectivity index (χ0n) is 13.0. The molecule has 0 aliphatic rings. The predicted molar refractivity (Wildman–Crippen MR) is 88.3 cm³/mol. The number of hydrogen-bond acceptors (Lipinski definition) is 5. The molecule has 1 rings (SSSR count). The van der Waals surface area contributed by atoms with Crippen molar-refractivity contribution in [3.05, 3.63) is 18.2 Å². The molecule has 2 N–H and O–H groups in total. The van der Waals surface area contributed by atoms with Crippen molar-refractivity contribution in [1.82, 2.24) is 9.62 Å². The van der Waals surface area contributed by atoms with E-state index in [4.69, 9.17) is 4.74 Å². The third-order valence-corrected chi connectivity index (χ3v) is 4.11. The van der Waals surface area contributed by atoms with Crippen LogP contribution < -0.4 is 14.8 Å². The SMILES string of the molecule is COc1ccc(NC(C)=O)cc1S(=O)(=O)NCCN(C)C.Cl. The molecule has 0 atom stereocenters. The number of halogens is 1. The summed E-state index contributed by atoms with van der Waals surface area (Å²) in [5.41, 5.74) is 0.399. The fourth-order valence-electron chi connectivity index (χ4n) is 1.65. The van der Waals surface area contributed by atoms with Gasteiger partial charge in [0.2, 0.25) is 15.9 Å². The Hall–Kier alpha value is -1.35. The Morgan fingerprint density at radius 2 is 1.95 bits per heavy atom. The number of methoxy groups -OCH3 is 1. The third-order valence-electron chi connectivity index (χ3n) is 2.62. The number of ether oxygens (including phenoxy) is 1. The lowest BCUT2D eigenvalue weighted by Gasteiger charge is -2.14. The number of carbonyl (C=O) groups is 1. The smallest absolute Gasteiger partial charge is 0.244 e. The van der Waals surface area contributed by atoms with Crippen LogP contribution >= 0.6 is 12.4 Å². The van der Waals surface area contributed by atoms with Crippen LogP contribution in [0, 0.1) is 0 Å². The number of hydrogen-bond donors (Lipinski definition) is 2. The molecule has 0 aliphatic carbocycles. The van der Waals surface area contributed by atoms with Crippen LogP contribution in [-0.2, 0) is 14.8 Å². The molecule has 7 nitrogen and oxygen atoms in total. The summed E-state index contributed by atoms with van der Waals surface area (Å²) >= 11 is 0. The monoisotopic (exact) mass is 351 g/mol. The van der Waals surface area contributed by atoms with Gasteiger partial charge in [0, 0.05) is 25.7 Å². The van der Waals surface area contributed by atoms with Crippen molar-refractivity contribution in [1.29, 1.82) is 0 Å². The molecule has 0 bridgehead atoms. The predicted octanol–water partition coefficient (Wildman–Crippen LogP) is 0.915.